The second-order valence-corrected chi connectivity index (χ2v) is 2.54. The fourth-order valence-electron chi connectivity index (χ4n) is 0.657. The standard InChI is InChI=1S/C8H13NO3/c1-7(11)6-9-8(12)4-2-3-5-10/h5H,2-4,6H2,1H3,(H,9,12). The van der Waals surface area contributed by atoms with Crippen molar-refractivity contribution in [1.82, 2.24) is 5.32 Å². The molecule has 0 aromatic rings. The molecule has 0 fully saturated rings. The number of amides is 1. The van der Waals surface area contributed by atoms with E-state index in [0.29, 0.717) is 19.3 Å². The molecule has 0 heterocycles. The molecule has 0 aliphatic carbocycles. The summed E-state index contributed by atoms with van der Waals surface area (Å²) in [5.74, 6) is -0.245. The predicted molar refractivity (Wildman–Crippen MR) is 43.6 cm³/mol. The lowest BCUT2D eigenvalue weighted by atomic mass is 10.2. The quantitative estimate of drug-likeness (QED) is 0.454. The highest BCUT2D eigenvalue weighted by Gasteiger charge is 2.00. The van der Waals surface area contributed by atoms with E-state index >= 15 is 0 Å². The lowest BCUT2D eigenvalue weighted by Gasteiger charge is -2.00. The van der Waals surface area contributed by atoms with Crippen LogP contribution >= 0.6 is 0 Å². The number of nitrogens with one attached hydrogen (secondary N) is 1. The average Bonchev–Trinajstić information content (AvgIpc) is 2.01. The topological polar surface area (TPSA) is 63.2 Å². The molecule has 0 spiro atoms. The molecule has 4 heteroatoms. The van der Waals surface area contributed by atoms with Gasteiger partial charge < -0.3 is 10.1 Å². The molecule has 0 radical (unpaired) electrons. The number of aldehydes is 1. The van der Waals surface area contributed by atoms with E-state index in [2.05, 4.69) is 5.32 Å². The van der Waals surface area contributed by atoms with Crippen LogP contribution in [0.15, 0.2) is 0 Å². The molecule has 0 saturated carbocycles. The van der Waals surface area contributed by atoms with Gasteiger partial charge in [-0.05, 0) is 13.3 Å². The van der Waals surface area contributed by atoms with Crippen LogP contribution in [0.2, 0.25) is 0 Å². The van der Waals surface area contributed by atoms with E-state index in [1.807, 2.05) is 0 Å². The second kappa shape index (κ2) is 6.52. The maximum absolute atomic E-state index is 10.8. The smallest absolute Gasteiger partial charge is 0.220 e. The maximum atomic E-state index is 10.8. The summed E-state index contributed by atoms with van der Waals surface area (Å²) >= 11 is 0. The third-order valence-corrected chi connectivity index (χ3v) is 1.26. The summed E-state index contributed by atoms with van der Waals surface area (Å²) in [5, 5.41) is 2.44. The highest BCUT2D eigenvalue weighted by atomic mass is 16.2. The van der Waals surface area contributed by atoms with Gasteiger partial charge in [-0.15, -0.1) is 0 Å². The number of hydrogen-bond donors (Lipinski definition) is 1. The van der Waals surface area contributed by atoms with Crippen molar-refractivity contribution in [2.75, 3.05) is 6.54 Å². The van der Waals surface area contributed by atoms with Crippen LogP contribution in [0.25, 0.3) is 0 Å². The molecule has 1 N–H and O–H groups in total. The Morgan fingerprint density at radius 3 is 2.58 bits per heavy atom. The zero-order valence-electron chi connectivity index (χ0n) is 7.13. The summed E-state index contributed by atoms with van der Waals surface area (Å²) in [6, 6.07) is 0. The van der Waals surface area contributed by atoms with Gasteiger partial charge >= 0.3 is 0 Å². The molecule has 1 amide bonds. The number of hydrogen-bond acceptors (Lipinski definition) is 3. The van der Waals surface area contributed by atoms with Gasteiger partial charge in [-0.3, -0.25) is 9.59 Å². The van der Waals surface area contributed by atoms with Crippen LogP contribution < -0.4 is 5.32 Å². The van der Waals surface area contributed by atoms with Crippen molar-refractivity contribution in [1.29, 1.82) is 0 Å². The largest absolute Gasteiger partial charge is 0.349 e. The van der Waals surface area contributed by atoms with Gasteiger partial charge in [0.15, 0.2) is 0 Å². The highest BCUT2D eigenvalue weighted by molar-refractivity contribution is 5.84. The van der Waals surface area contributed by atoms with E-state index in [1.54, 1.807) is 0 Å². The van der Waals surface area contributed by atoms with Crippen LogP contribution in [0.1, 0.15) is 26.2 Å². The first-order valence-corrected chi connectivity index (χ1v) is 3.86. The molecule has 0 bridgehead atoms. The Kier molecular flexibility index (Phi) is 5.87. The van der Waals surface area contributed by atoms with Gasteiger partial charge in [-0.2, -0.15) is 0 Å². The van der Waals surface area contributed by atoms with E-state index < -0.39 is 0 Å². The lowest BCUT2D eigenvalue weighted by Crippen LogP contribution is -2.27. The molecule has 0 atom stereocenters. The van der Waals surface area contributed by atoms with Gasteiger partial charge in [-0.25, -0.2) is 0 Å². The monoisotopic (exact) mass is 171 g/mol. The first-order valence-electron chi connectivity index (χ1n) is 3.86. The van der Waals surface area contributed by atoms with Crippen molar-refractivity contribution in [3.05, 3.63) is 0 Å². The number of carbonyl (C=O) groups excluding carboxylic acids is 3. The second-order valence-electron chi connectivity index (χ2n) is 2.54. The summed E-state index contributed by atoms with van der Waals surface area (Å²) < 4.78 is 0. The molecule has 68 valence electrons. The molecule has 0 saturated heterocycles. The Hall–Kier alpha value is -1.19. The van der Waals surface area contributed by atoms with Crippen LogP contribution in [0.4, 0.5) is 0 Å². The Morgan fingerprint density at radius 2 is 2.08 bits per heavy atom. The minimum Gasteiger partial charge on any atom is -0.349 e. The SMILES string of the molecule is CC(=O)CNC(=O)CCCC=O. The van der Waals surface area contributed by atoms with Crippen LogP contribution in [0.5, 0.6) is 0 Å². The molecule has 0 rings (SSSR count). The van der Waals surface area contributed by atoms with Crippen LogP contribution in [0.3, 0.4) is 0 Å². The van der Waals surface area contributed by atoms with E-state index in [4.69, 9.17) is 0 Å². The fourth-order valence-corrected chi connectivity index (χ4v) is 0.657. The van der Waals surface area contributed by atoms with Crippen LogP contribution in [-0.2, 0) is 14.4 Å². The Balaban J connectivity index is 3.33. The van der Waals surface area contributed by atoms with Crippen LogP contribution in [0, 0.1) is 0 Å². The average molecular weight is 171 g/mol. The van der Waals surface area contributed by atoms with Gasteiger partial charge in [-0.1, -0.05) is 0 Å². The molecule has 0 aromatic heterocycles. The van der Waals surface area contributed by atoms with Crippen molar-refractivity contribution < 1.29 is 14.4 Å². The predicted octanol–water partition coefficient (Wildman–Crippen LogP) is 0.0608. The van der Waals surface area contributed by atoms with Crippen LogP contribution in [-0.4, -0.2) is 24.5 Å². The summed E-state index contributed by atoms with van der Waals surface area (Å²) in [6.07, 6.45) is 2.03. The highest BCUT2D eigenvalue weighted by Crippen LogP contribution is 1.91. The minimum atomic E-state index is -0.174. The third kappa shape index (κ3) is 6.92. The van der Waals surface area contributed by atoms with Gasteiger partial charge in [0.05, 0.1) is 6.54 Å². The molecule has 0 aliphatic rings. The number of ketones is 1. The van der Waals surface area contributed by atoms with Gasteiger partial charge in [0.2, 0.25) is 5.91 Å². The molecule has 4 nitrogen and oxygen atoms in total. The first kappa shape index (κ1) is 10.8. The molecule has 12 heavy (non-hydrogen) atoms. The molecule has 0 aliphatic heterocycles. The third-order valence-electron chi connectivity index (χ3n) is 1.26. The van der Waals surface area contributed by atoms with E-state index in [-0.39, 0.29) is 18.2 Å². The number of carbonyl (C=O) groups is 3. The lowest BCUT2D eigenvalue weighted by molar-refractivity contribution is -0.124. The van der Waals surface area contributed by atoms with Crippen molar-refractivity contribution >= 4 is 18.0 Å². The number of rotatable bonds is 6. The Morgan fingerprint density at radius 1 is 1.42 bits per heavy atom. The fraction of sp³-hybridized carbons (Fsp3) is 0.625. The first-order chi connectivity index (χ1) is 5.66. The van der Waals surface area contributed by atoms with Gasteiger partial charge in [0.1, 0.15) is 12.1 Å². The Bertz CT molecular complexity index is 177. The van der Waals surface area contributed by atoms with Crippen molar-refractivity contribution in [2.45, 2.75) is 26.2 Å². The minimum absolute atomic E-state index is 0.0706. The molecule has 0 aromatic carbocycles. The molecule has 0 unspecified atom stereocenters. The number of unbranched alkanes of at least 4 members (excludes halogenated alkanes) is 1. The number of Topliss-reactive ketones (excluding diaryl/α,β-unsaturated/α-hetero) is 1. The maximum Gasteiger partial charge on any atom is 0.220 e. The van der Waals surface area contributed by atoms with Crippen molar-refractivity contribution in [3.8, 4) is 0 Å². The zero-order valence-corrected chi connectivity index (χ0v) is 7.13. The summed E-state index contributed by atoms with van der Waals surface area (Å²) in [7, 11) is 0. The normalized spacial score (nSPS) is 9.08. The summed E-state index contributed by atoms with van der Waals surface area (Å²) in [5.41, 5.74) is 0. The van der Waals surface area contributed by atoms with Crippen molar-refractivity contribution in [3.63, 3.8) is 0 Å². The molecular weight excluding hydrogens is 158 g/mol. The van der Waals surface area contributed by atoms with Gasteiger partial charge in [0.25, 0.3) is 0 Å². The molecular formula is C8H13NO3. The van der Waals surface area contributed by atoms with Gasteiger partial charge in [0, 0.05) is 12.8 Å². The van der Waals surface area contributed by atoms with E-state index in [0.717, 1.165) is 6.29 Å². The summed E-state index contributed by atoms with van der Waals surface area (Å²) in [6.45, 7) is 1.49. The Labute approximate surface area is 71.3 Å². The zero-order chi connectivity index (χ0) is 9.40. The van der Waals surface area contributed by atoms with E-state index in [9.17, 15) is 14.4 Å². The van der Waals surface area contributed by atoms with Crippen molar-refractivity contribution in [2.24, 2.45) is 0 Å². The van der Waals surface area contributed by atoms with E-state index in [1.165, 1.54) is 6.92 Å². The summed E-state index contributed by atoms with van der Waals surface area (Å²) in [4.78, 5) is 31.1.